The quantitative estimate of drug-likeness (QED) is 0.663. The minimum atomic E-state index is -0.819. The molecule has 0 aliphatic carbocycles. The average Bonchev–Trinajstić information content (AvgIpc) is 2.39. The minimum Gasteiger partial charge on any atom is -0.381 e. The minimum absolute atomic E-state index is 0.395. The molecule has 0 aliphatic rings. The van der Waals surface area contributed by atoms with E-state index in [1.54, 1.807) is 6.07 Å². The fourth-order valence-corrected chi connectivity index (χ4v) is 2.15. The van der Waals surface area contributed by atoms with E-state index in [4.69, 9.17) is 0 Å². The Labute approximate surface area is 123 Å². The van der Waals surface area contributed by atoms with E-state index in [0.29, 0.717) is 12.1 Å². The second-order valence-corrected chi connectivity index (χ2v) is 5.27. The van der Waals surface area contributed by atoms with Gasteiger partial charge in [-0.15, -0.1) is 0 Å². The van der Waals surface area contributed by atoms with Crippen LogP contribution >= 0.6 is 15.9 Å². The van der Waals surface area contributed by atoms with Crippen molar-refractivity contribution in [2.75, 3.05) is 5.32 Å². The lowest BCUT2D eigenvalue weighted by Gasteiger charge is -2.10. The number of benzene rings is 2. The summed E-state index contributed by atoms with van der Waals surface area (Å²) in [4.78, 5) is 9.81. The SMILES string of the molecule is Cc1ccc(Br)cc1NCc1ccc([N+](=O)[O-])c(F)c1. The molecule has 0 amide bonds. The van der Waals surface area contributed by atoms with E-state index in [9.17, 15) is 14.5 Å². The lowest BCUT2D eigenvalue weighted by molar-refractivity contribution is -0.387. The zero-order valence-electron chi connectivity index (χ0n) is 10.7. The van der Waals surface area contributed by atoms with Crippen LogP contribution < -0.4 is 5.32 Å². The summed E-state index contributed by atoms with van der Waals surface area (Å²) in [6.45, 7) is 2.36. The first kappa shape index (κ1) is 14.5. The largest absolute Gasteiger partial charge is 0.381 e. The van der Waals surface area contributed by atoms with Crippen molar-refractivity contribution in [3.05, 3.63) is 67.9 Å². The van der Waals surface area contributed by atoms with E-state index in [0.717, 1.165) is 15.7 Å². The molecule has 0 aliphatic heterocycles. The fraction of sp³-hybridized carbons (Fsp3) is 0.143. The Morgan fingerprint density at radius 2 is 2.05 bits per heavy atom. The average molecular weight is 339 g/mol. The van der Waals surface area contributed by atoms with E-state index in [2.05, 4.69) is 21.2 Å². The highest BCUT2D eigenvalue weighted by Gasteiger charge is 2.13. The predicted molar refractivity (Wildman–Crippen MR) is 79.3 cm³/mol. The zero-order chi connectivity index (χ0) is 14.7. The molecule has 0 radical (unpaired) electrons. The van der Waals surface area contributed by atoms with Crippen LogP contribution in [0.1, 0.15) is 11.1 Å². The standard InChI is InChI=1S/C14H12BrFN2O2/c1-9-2-4-11(15)7-13(9)17-8-10-3-5-14(18(19)20)12(16)6-10/h2-7,17H,8H2,1H3. The van der Waals surface area contributed by atoms with Crippen molar-refractivity contribution in [3.63, 3.8) is 0 Å². The topological polar surface area (TPSA) is 55.2 Å². The summed E-state index contributed by atoms with van der Waals surface area (Å²) in [7, 11) is 0. The van der Waals surface area contributed by atoms with Crippen LogP contribution in [0.2, 0.25) is 0 Å². The summed E-state index contributed by atoms with van der Waals surface area (Å²) in [6, 6.07) is 9.73. The molecule has 0 heterocycles. The molecular formula is C14H12BrFN2O2. The van der Waals surface area contributed by atoms with Gasteiger partial charge in [0, 0.05) is 22.8 Å². The molecule has 4 nitrogen and oxygen atoms in total. The number of halogens is 2. The molecule has 0 atom stereocenters. The number of anilines is 1. The number of rotatable bonds is 4. The van der Waals surface area contributed by atoms with Crippen LogP contribution in [0.3, 0.4) is 0 Å². The van der Waals surface area contributed by atoms with Gasteiger partial charge in [-0.1, -0.05) is 28.1 Å². The molecule has 0 spiro atoms. The van der Waals surface area contributed by atoms with Gasteiger partial charge in [0.05, 0.1) is 4.92 Å². The van der Waals surface area contributed by atoms with Crippen LogP contribution in [0.25, 0.3) is 0 Å². The summed E-state index contributed by atoms with van der Waals surface area (Å²) in [5.74, 6) is -0.819. The van der Waals surface area contributed by atoms with Gasteiger partial charge in [0.25, 0.3) is 0 Å². The molecule has 2 aromatic carbocycles. The van der Waals surface area contributed by atoms with Crippen molar-refractivity contribution in [2.45, 2.75) is 13.5 Å². The Morgan fingerprint density at radius 3 is 2.70 bits per heavy atom. The molecule has 0 aromatic heterocycles. The van der Waals surface area contributed by atoms with Crippen LogP contribution in [0.15, 0.2) is 40.9 Å². The van der Waals surface area contributed by atoms with Crippen molar-refractivity contribution < 1.29 is 9.31 Å². The van der Waals surface area contributed by atoms with Crippen molar-refractivity contribution in [1.29, 1.82) is 0 Å². The molecule has 6 heteroatoms. The van der Waals surface area contributed by atoms with E-state index < -0.39 is 16.4 Å². The highest BCUT2D eigenvalue weighted by molar-refractivity contribution is 9.10. The van der Waals surface area contributed by atoms with E-state index in [1.165, 1.54) is 12.1 Å². The Morgan fingerprint density at radius 1 is 1.30 bits per heavy atom. The molecule has 20 heavy (non-hydrogen) atoms. The third-order valence-electron chi connectivity index (χ3n) is 2.89. The predicted octanol–water partition coefficient (Wildman–Crippen LogP) is 4.42. The maximum Gasteiger partial charge on any atom is 0.304 e. The fourth-order valence-electron chi connectivity index (χ4n) is 1.79. The smallest absolute Gasteiger partial charge is 0.304 e. The Balaban J connectivity index is 2.13. The molecule has 0 fully saturated rings. The van der Waals surface area contributed by atoms with Gasteiger partial charge in [0.2, 0.25) is 5.82 Å². The lowest BCUT2D eigenvalue weighted by Crippen LogP contribution is -2.02. The first-order valence-corrected chi connectivity index (χ1v) is 6.69. The van der Waals surface area contributed by atoms with Gasteiger partial charge in [-0.05, 0) is 36.2 Å². The molecular weight excluding hydrogens is 327 g/mol. The van der Waals surface area contributed by atoms with Gasteiger partial charge >= 0.3 is 5.69 Å². The van der Waals surface area contributed by atoms with Crippen molar-refractivity contribution in [2.24, 2.45) is 0 Å². The summed E-state index contributed by atoms with van der Waals surface area (Å²) < 4.78 is 14.4. The van der Waals surface area contributed by atoms with E-state index in [1.807, 2.05) is 25.1 Å². The van der Waals surface area contributed by atoms with Crippen LogP contribution in [0.4, 0.5) is 15.8 Å². The maximum atomic E-state index is 13.5. The number of nitrogens with one attached hydrogen (secondary N) is 1. The molecule has 104 valence electrons. The molecule has 0 bridgehead atoms. The molecule has 0 saturated carbocycles. The first-order chi connectivity index (χ1) is 9.47. The second kappa shape index (κ2) is 6.00. The van der Waals surface area contributed by atoms with Gasteiger partial charge in [-0.25, -0.2) is 0 Å². The zero-order valence-corrected chi connectivity index (χ0v) is 12.3. The van der Waals surface area contributed by atoms with Gasteiger partial charge in [0.1, 0.15) is 0 Å². The monoisotopic (exact) mass is 338 g/mol. The van der Waals surface area contributed by atoms with Crippen LogP contribution in [-0.4, -0.2) is 4.92 Å². The number of hydrogen-bond acceptors (Lipinski definition) is 3. The number of nitro benzene ring substituents is 1. The van der Waals surface area contributed by atoms with E-state index in [-0.39, 0.29) is 0 Å². The summed E-state index contributed by atoms with van der Waals surface area (Å²) in [6.07, 6.45) is 0. The third-order valence-corrected chi connectivity index (χ3v) is 3.38. The maximum absolute atomic E-state index is 13.5. The normalized spacial score (nSPS) is 10.3. The Bertz CT molecular complexity index is 662. The molecule has 0 unspecified atom stereocenters. The highest BCUT2D eigenvalue weighted by Crippen LogP contribution is 2.22. The first-order valence-electron chi connectivity index (χ1n) is 5.90. The van der Waals surface area contributed by atoms with Gasteiger partial charge in [-0.2, -0.15) is 4.39 Å². The second-order valence-electron chi connectivity index (χ2n) is 4.36. The Kier molecular flexibility index (Phi) is 4.34. The third kappa shape index (κ3) is 3.33. The summed E-state index contributed by atoms with van der Waals surface area (Å²) in [5.41, 5.74) is 2.13. The Hall–Kier alpha value is -1.95. The number of hydrogen-bond donors (Lipinski definition) is 1. The van der Waals surface area contributed by atoms with Crippen LogP contribution in [-0.2, 0) is 6.54 Å². The highest BCUT2D eigenvalue weighted by atomic mass is 79.9. The number of nitrogens with zero attached hydrogens (tertiary/aromatic N) is 1. The van der Waals surface area contributed by atoms with Crippen LogP contribution in [0, 0.1) is 22.9 Å². The number of nitro groups is 1. The number of aryl methyl sites for hydroxylation is 1. The lowest BCUT2D eigenvalue weighted by atomic mass is 10.1. The molecule has 1 N–H and O–H groups in total. The van der Waals surface area contributed by atoms with Gasteiger partial charge < -0.3 is 5.32 Å². The molecule has 2 aromatic rings. The summed E-state index contributed by atoms with van der Waals surface area (Å²) in [5, 5.41) is 13.7. The van der Waals surface area contributed by atoms with Gasteiger partial charge in [-0.3, -0.25) is 10.1 Å². The van der Waals surface area contributed by atoms with Crippen molar-refractivity contribution in [3.8, 4) is 0 Å². The van der Waals surface area contributed by atoms with E-state index >= 15 is 0 Å². The van der Waals surface area contributed by atoms with Crippen molar-refractivity contribution >= 4 is 27.3 Å². The van der Waals surface area contributed by atoms with Gasteiger partial charge in [0.15, 0.2) is 0 Å². The molecule has 0 saturated heterocycles. The summed E-state index contributed by atoms with van der Waals surface area (Å²) >= 11 is 3.38. The van der Waals surface area contributed by atoms with Crippen molar-refractivity contribution in [1.82, 2.24) is 0 Å². The molecule has 2 rings (SSSR count). The van der Waals surface area contributed by atoms with Crippen LogP contribution in [0.5, 0.6) is 0 Å².